The van der Waals surface area contributed by atoms with E-state index in [1.54, 1.807) is 24.3 Å². The number of rotatable bonds is 4. The monoisotopic (exact) mass is 220 g/mol. The van der Waals surface area contributed by atoms with Crippen LogP contribution >= 0.6 is 19.2 Å². The van der Waals surface area contributed by atoms with Crippen molar-refractivity contribution < 1.29 is 13.6 Å². The van der Waals surface area contributed by atoms with Gasteiger partial charge in [-0.25, -0.2) is 4.57 Å². The molecule has 0 aliphatic rings. The Labute approximate surface area is 82.2 Å². The number of hydrogen-bond donors (Lipinski definition) is 0. The van der Waals surface area contributed by atoms with Crippen molar-refractivity contribution in [1.82, 2.24) is 0 Å². The summed E-state index contributed by atoms with van der Waals surface area (Å²) in [6.45, 7) is 0. The molecule has 5 heteroatoms. The third kappa shape index (κ3) is 3.03. The maximum atomic E-state index is 11.5. The average Bonchev–Trinajstić information content (AvgIpc) is 2.19. The standard InChI is InChI=1S/C8H10ClO3P/c1-11-13(10,7-9)12-8-5-3-2-4-6-8/h2-6H,7H2,1H3/t13-/m1/s1. The van der Waals surface area contributed by atoms with E-state index in [-0.39, 0.29) is 5.62 Å². The zero-order chi connectivity index (χ0) is 9.73. The highest BCUT2D eigenvalue weighted by Gasteiger charge is 2.22. The molecule has 0 fully saturated rings. The van der Waals surface area contributed by atoms with E-state index in [0.717, 1.165) is 0 Å². The van der Waals surface area contributed by atoms with Crippen LogP contribution in [0.2, 0.25) is 0 Å². The van der Waals surface area contributed by atoms with Crippen LogP contribution in [0.3, 0.4) is 0 Å². The van der Waals surface area contributed by atoms with Crippen LogP contribution in [0.25, 0.3) is 0 Å². The highest BCUT2D eigenvalue weighted by Crippen LogP contribution is 2.48. The first kappa shape index (κ1) is 10.6. The minimum absolute atomic E-state index is 0.154. The van der Waals surface area contributed by atoms with Gasteiger partial charge in [0.15, 0.2) is 0 Å². The third-order valence-electron chi connectivity index (χ3n) is 1.41. The molecule has 1 atom stereocenters. The van der Waals surface area contributed by atoms with Crippen LogP contribution in [0.4, 0.5) is 0 Å². The molecule has 0 unspecified atom stereocenters. The fraction of sp³-hybridized carbons (Fsp3) is 0.250. The fourth-order valence-corrected chi connectivity index (χ4v) is 1.86. The van der Waals surface area contributed by atoms with Crippen molar-refractivity contribution in [1.29, 1.82) is 0 Å². The second-order valence-electron chi connectivity index (χ2n) is 2.32. The highest BCUT2D eigenvalue weighted by molar-refractivity contribution is 7.56. The molecule has 0 amide bonds. The lowest BCUT2D eigenvalue weighted by atomic mass is 10.3. The Morgan fingerprint density at radius 2 is 2.00 bits per heavy atom. The van der Waals surface area contributed by atoms with Crippen molar-refractivity contribution in [3.8, 4) is 5.75 Å². The lowest BCUT2D eigenvalue weighted by Crippen LogP contribution is -1.95. The van der Waals surface area contributed by atoms with E-state index in [0.29, 0.717) is 5.75 Å². The van der Waals surface area contributed by atoms with Crippen LogP contribution in [-0.2, 0) is 9.09 Å². The predicted molar refractivity (Wildman–Crippen MR) is 52.4 cm³/mol. The molecule has 1 rings (SSSR count). The van der Waals surface area contributed by atoms with Gasteiger partial charge in [-0.2, -0.15) is 0 Å². The van der Waals surface area contributed by atoms with Gasteiger partial charge < -0.3 is 9.05 Å². The van der Waals surface area contributed by atoms with Crippen LogP contribution in [0.1, 0.15) is 0 Å². The number of halogens is 1. The minimum Gasteiger partial charge on any atom is -0.424 e. The Morgan fingerprint density at radius 3 is 2.46 bits per heavy atom. The van der Waals surface area contributed by atoms with Gasteiger partial charge in [-0.3, -0.25) is 0 Å². The highest BCUT2D eigenvalue weighted by atomic mass is 35.5. The van der Waals surface area contributed by atoms with E-state index >= 15 is 0 Å². The first-order valence-corrected chi connectivity index (χ1v) is 5.92. The second-order valence-corrected chi connectivity index (χ2v) is 5.04. The summed E-state index contributed by atoms with van der Waals surface area (Å²) >= 11 is 5.45. The van der Waals surface area contributed by atoms with Gasteiger partial charge in [0.1, 0.15) is 11.4 Å². The van der Waals surface area contributed by atoms with Gasteiger partial charge in [-0.15, -0.1) is 11.6 Å². The molecule has 0 saturated carbocycles. The molecule has 1 aromatic rings. The summed E-state index contributed by atoms with van der Waals surface area (Å²) in [6, 6.07) is 8.79. The van der Waals surface area contributed by atoms with Crippen LogP contribution < -0.4 is 4.52 Å². The molecule has 0 radical (unpaired) electrons. The maximum Gasteiger partial charge on any atom is 0.393 e. The summed E-state index contributed by atoms with van der Waals surface area (Å²) in [6.07, 6.45) is 0. The number of benzene rings is 1. The zero-order valence-corrected chi connectivity index (χ0v) is 8.79. The Morgan fingerprint density at radius 1 is 1.38 bits per heavy atom. The quantitative estimate of drug-likeness (QED) is 0.578. The number of alkyl halides is 1. The summed E-state index contributed by atoms with van der Waals surface area (Å²) in [7, 11) is -1.83. The largest absolute Gasteiger partial charge is 0.424 e. The van der Waals surface area contributed by atoms with Crippen molar-refractivity contribution in [3.63, 3.8) is 0 Å². The molecular formula is C8H10ClO3P. The molecule has 0 aliphatic carbocycles. The lowest BCUT2D eigenvalue weighted by molar-refractivity contribution is 0.327. The van der Waals surface area contributed by atoms with E-state index in [1.165, 1.54) is 7.11 Å². The van der Waals surface area contributed by atoms with E-state index in [2.05, 4.69) is 0 Å². The summed E-state index contributed by atoms with van der Waals surface area (Å²) in [5.41, 5.74) is -0.154. The van der Waals surface area contributed by atoms with Crippen LogP contribution in [0.15, 0.2) is 30.3 Å². The van der Waals surface area contributed by atoms with Gasteiger partial charge in [0.2, 0.25) is 0 Å². The first-order chi connectivity index (χ1) is 6.20. The molecule has 13 heavy (non-hydrogen) atoms. The third-order valence-corrected chi connectivity index (χ3v) is 3.63. The summed E-state index contributed by atoms with van der Waals surface area (Å²) in [4.78, 5) is 0. The Hall–Kier alpha value is -0.500. The van der Waals surface area contributed by atoms with Gasteiger partial charge >= 0.3 is 7.60 Å². The molecule has 1 aromatic carbocycles. The molecule has 0 heterocycles. The van der Waals surface area contributed by atoms with Gasteiger partial charge in [0.25, 0.3) is 0 Å². The van der Waals surface area contributed by atoms with Gasteiger partial charge in [-0.05, 0) is 12.1 Å². The maximum absolute atomic E-state index is 11.5. The van der Waals surface area contributed by atoms with Crippen LogP contribution in [-0.4, -0.2) is 12.7 Å². The summed E-state index contributed by atoms with van der Waals surface area (Å²) < 4.78 is 21.3. The van der Waals surface area contributed by atoms with Gasteiger partial charge in [-0.1, -0.05) is 18.2 Å². The van der Waals surface area contributed by atoms with Gasteiger partial charge in [0.05, 0.1) is 0 Å². The topological polar surface area (TPSA) is 35.5 Å². The summed E-state index contributed by atoms with van der Waals surface area (Å²) in [5.74, 6) is 0.494. The molecule has 72 valence electrons. The zero-order valence-electron chi connectivity index (χ0n) is 7.14. The molecule has 0 aromatic heterocycles. The van der Waals surface area contributed by atoms with Crippen molar-refractivity contribution in [2.45, 2.75) is 0 Å². The van der Waals surface area contributed by atoms with Gasteiger partial charge in [0, 0.05) is 7.11 Å². The fourth-order valence-electron chi connectivity index (χ4n) is 0.752. The van der Waals surface area contributed by atoms with E-state index < -0.39 is 7.60 Å². The SMILES string of the molecule is CO[P@](=O)(CCl)Oc1ccccc1. The van der Waals surface area contributed by atoms with Crippen molar-refractivity contribution in [2.24, 2.45) is 0 Å². The van der Waals surface area contributed by atoms with Crippen molar-refractivity contribution in [2.75, 3.05) is 12.7 Å². The molecule has 0 aliphatic heterocycles. The number of hydrogen-bond acceptors (Lipinski definition) is 3. The van der Waals surface area contributed by atoms with E-state index in [9.17, 15) is 4.57 Å². The Bertz CT molecular complexity index is 294. The minimum atomic E-state index is -3.14. The predicted octanol–water partition coefficient (Wildman–Crippen LogP) is 3.10. The average molecular weight is 221 g/mol. The number of para-hydroxylation sites is 1. The lowest BCUT2D eigenvalue weighted by Gasteiger charge is -2.13. The smallest absolute Gasteiger partial charge is 0.393 e. The molecule has 0 bridgehead atoms. The normalized spacial score (nSPS) is 14.9. The Balaban J connectivity index is 2.74. The first-order valence-electron chi connectivity index (χ1n) is 3.65. The van der Waals surface area contributed by atoms with Crippen LogP contribution in [0.5, 0.6) is 5.75 Å². The van der Waals surface area contributed by atoms with E-state index in [4.69, 9.17) is 20.6 Å². The molecule has 0 spiro atoms. The molecular weight excluding hydrogens is 211 g/mol. The van der Waals surface area contributed by atoms with E-state index in [1.807, 2.05) is 6.07 Å². The molecule has 0 N–H and O–H groups in total. The molecule has 3 nitrogen and oxygen atoms in total. The van der Waals surface area contributed by atoms with Crippen LogP contribution in [0, 0.1) is 0 Å². The van der Waals surface area contributed by atoms with Crippen molar-refractivity contribution >= 4 is 19.2 Å². The Kier molecular flexibility index (Phi) is 3.79. The summed E-state index contributed by atoms with van der Waals surface area (Å²) in [5, 5.41) is 0. The van der Waals surface area contributed by atoms with Crippen molar-refractivity contribution in [3.05, 3.63) is 30.3 Å². The molecule has 0 saturated heterocycles. The second kappa shape index (κ2) is 4.66.